The number of nitrogens with one attached hydrogen (secondary N) is 2. The van der Waals surface area contributed by atoms with Crippen LogP contribution in [0.25, 0.3) is 0 Å². The number of halogens is 3. The summed E-state index contributed by atoms with van der Waals surface area (Å²) in [6, 6.07) is 0. The van der Waals surface area contributed by atoms with Gasteiger partial charge in [0.1, 0.15) is 6.54 Å². The van der Waals surface area contributed by atoms with Crippen LogP contribution in [0.1, 0.15) is 12.8 Å². The molecule has 0 aromatic rings. The fourth-order valence-corrected chi connectivity index (χ4v) is 3.50. The third-order valence-electron chi connectivity index (χ3n) is 2.61. The Hall–Kier alpha value is -0.830. The van der Waals surface area contributed by atoms with Gasteiger partial charge in [-0.2, -0.15) is 13.2 Å². The number of alkyl halides is 3. The fourth-order valence-electron chi connectivity index (χ4n) is 1.70. The molecule has 1 fully saturated rings. The minimum absolute atomic E-state index is 0.0990. The van der Waals surface area contributed by atoms with Crippen molar-refractivity contribution in [3.8, 4) is 0 Å². The Balaban J connectivity index is 2.20. The molecule has 1 aliphatic rings. The zero-order chi connectivity index (χ0) is 13.8. The molecule has 1 amide bonds. The molecule has 18 heavy (non-hydrogen) atoms. The van der Waals surface area contributed by atoms with E-state index in [4.69, 9.17) is 0 Å². The number of sulfone groups is 1. The van der Waals surface area contributed by atoms with Crippen molar-refractivity contribution in [1.82, 2.24) is 10.6 Å². The smallest absolute Gasteiger partial charge is 0.346 e. The molecule has 1 heterocycles. The molecule has 0 aromatic carbocycles. The second kappa shape index (κ2) is 5.87. The standard InChI is InChI=1S/C9H15F3N2O3S/c10-9(11,12)6-14-8(15)5-13-4-7-2-1-3-18(7,16)17/h7,13H,1-6H2,(H,14,15). The Morgan fingerprint density at radius 2 is 2.00 bits per heavy atom. The Morgan fingerprint density at radius 1 is 1.33 bits per heavy atom. The minimum atomic E-state index is -4.44. The number of carbonyl (C=O) groups excluding carboxylic acids is 1. The third-order valence-corrected chi connectivity index (χ3v) is 4.88. The Morgan fingerprint density at radius 3 is 2.50 bits per heavy atom. The summed E-state index contributed by atoms with van der Waals surface area (Å²) < 4.78 is 58.1. The lowest BCUT2D eigenvalue weighted by atomic mass is 10.2. The van der Waals surface area contributed by atoms with Gasteiger partial charge in [0.25, 0.3) is 0 Å². The molecule has 0 bridgehead atoms. The van der Waals surface area contributed by atoms with Crippen molar-refractivity contribution in [2.24, 2.45) is 0 Å². The summed E-state index contributed by atoms with van der Waals surface area (Å²) in [6.07, 6.45) is -3.32. The lowest BCUT2D eigenvalue weighted by Crippen LogP contribution is -2.41. The number of amides is 1. The first kappa shape index (κ1) is 15.2. The van der Waals surface area contributed by atoms with Gasteiger partial charge >= 0.3 is 6.18 Å². The van der Waals surface area contributed by atoms with Crippen LogP contribution in [0.15, 0.2) is 0 Å². The molecular formula is C9H15F3N2O3S. The monoisotopic (exact) mass is 288 g/mol. The van der Waals surface area contributed by atoms with Gasteiger partial charge in [-0.25, -0.2) is 8.42 Å². The molecule has 1 atom stereocenters. The van der Waals surface area contributed by atoms with Gasteiger partial charge in [-0.3, -0.25) is 4.79 Å². The van der Waals surface area contributed by atoms with E-state index in [9.17, 15) is 26.4 Å². The normalized spacial score (nSPS) is 22.9. The maximum absolute atomic E-state index is 11.8. The lowest BCUT2D eigenvalue weighted by Gasteiger charge is -2.11. The summed E-state index contributed by atoms with van der Waals surface area (Å²) in [5.41, 5.74) is 0. The van der Waals surface area contributed by atoms with Crippen molar-refractivity contribution in [3.63, 3.8) is 0 Å². The SMILES string of the molecule is O=C(CNCC1CCCS1(=O)=O)NCC(F)(F)F. The molecule has 1 rings (SSSR count). The predicted octanol–water partition coefficient (Wildman–Crippen LogP) is -0.168. The van der Waals surface area contributed by atoms with Crippen LogP contribution in [0.3, 0.4) is 0 Å². The van der Waals surface area contributed by atoms with Crippen LogP contribution < -0.4 is 10.6 Å². The average Bonchev–Trinajstić information content (AvgIpc) is 2.54. The Labute approximate surface area is 103 Å². The number of rotatable bonds is 5. The highest BCUT2D eigenvalue weighted by Gasteiger charge is 2.31. The van der Waals surface area contributed by atoms with Crippen molar-refractivity contribution >= 4 is 15.7 Å². The van der Waals surface area contributed by atoms with Gasteiger partial charge in [0, 0.05) is 6.54 Å². The molecule has 0 spiro atoms. The average molecular weight is 288 g/mol. The second-order valence-corrected chi connectivity index (χ2v) is 6.55. The first-order valence-corrected chi connectivity index (χ1v) is 7.18. The lowest BCUT2D eigenvalue weighted by molar-refractivity contribution is -0.137. The minimum Gasteiger partial charge on any atom is -0.346 e. The van der Waals surface area contributed by atoms with E-state index >= 15 is 0 Å². The summed E-state index contributed by atoms with van der Waals surface area (Å²) in [6.45, 7) is -1.60. The summed E-state index contributed by atoms with van der Waals surface area (Å²) in [5.74, 6) is -0.665. The van der Waals surface area contributed by atoms with Gasteiger partial charge in [0.15, 0.2) is 9.84 Å². The van der Waals surface area contributed by atoms with Gasteiger partial charge < -0.3 is 10.6 Å². The molecule has 1 unspecified atom stereocenters. The van der Waals surface area contributed by atoms with Gasteiger partial charge in [-0.15, -0.1) is 0 Å². The molecule has 0 saturated carbocycles. The van der Waals surface area contributed by atoms with E-state index in [-0.39, 0.29) is 18.8 Å². The molecular weight excluding hydrogens is 273 g/mol. The largest absolute Gasteiger partial charge is 0.405 e. The van der Waals surface area contributed by atoms with Crippen LogP contribution in [0.2, 0.25) is 0 Å². The molecule has 1 aliphatic heterocycles. The van der Waals surface area contributed by atoms with Crippen LogP contribution in [-0.2, 0) is 14.6 Å². The highest BCUT2D eigenvalue weighted by molar-refractivity contribution is 7.92. The molecule has 0 aliphatic carbocycles. The molecule has 9 heteroatoms. The quantitative estimate of drug-likeness (QED) is 0.736. The zero-order valence-electron chi connectivity index (χ0n) is 9.59. The zero-order valence-corrected chi connectivity index (χ0v) is 10.4. The van der Waals surface area contributed by atoms with E-state index in [2.05, 4.69) is 5.32 Å². The Kier molecular flexibility index (Phi) is 4.97. The van der Waals surface area contributed by atoms with Crippen molar-refractivity contribution in [1.29, 1.82) is 0 Å². The maximum Gasteiger partial charge on any atom is 0.405 e. The van der Waals surface area contributed by atoms with Crippen LogP contribution in [0, 0.1) is 0 Å². The second-order valence-electron chi connectivity index (χ2n) is 4.15. The first-order chi connectivity index (χ1) is 8.21. The fraction of sp³-hybridized carbons (Fsp3) is 0.889. The summed E-state index contributed by atoms with van der Waals surface area (Å²) in [5, 5.41) is 3.72. The van der Waals surface area contributed by atoms with E-state index in [1.165, 1.54) is 0 Å². The highest BCUT2D eigenvalue weighted by atomic mass is 32.2. The predicted molar refractivity (Wildman–Crippen MR) is 58.7 cm³/mol. The van der Waals surface area contributed by atoms with Crippen LogP contribution in [-0.4, -0.2) is 51.1 Å². The number of carbonyl (C=O) groups is 1. The molecule has 106 valence electrons. The van der Waals surface area contributed by atoms with Gasteiger partial charge in [-0.1, -0.05) is 0 Å². The summed E-state index contributed by atoms with van der Waals surface area (Å²) >= 11 is 0. The van der Waals surface area contributed by atoms with Crippen molar-refractivity contribution < 1.29 is 26.4 Å². The van der Waals surface area contributed by atoms with Gasteiger partial charge in [-0.05, 0) is 12.8 Å². The van der Waals surface area contributed by atoms with Crippen molar-refractivity contribution in [2.75, 3.05) is 25.4 Å². The van der Waals surface area contributed by atoms with E-state index in [0.717, 1.165) is 0 Å². The van der Waals surface area contributed by atoms with E-state index in [0.29, 0.717) is 12.8 Å². The van der Waals surface area contributed by atoms with Crippen molar-refractivity contribution in [2.45, 2.75) is 24.3 Å². The molecule has 0 radical (unpaired) electrons. The summed E-state index contributed by atoms with van der Waals surface area (Å²) in [7, 11) is -3.09. The molecule has 2 N–H and O–H groups in total. The highest BCUT2D eigenvalue weighted by Crippen LogP contribution is 2.18. The first-order valence-electron chi connectivity index (χ1n) is 5.46. The number of hydrogen-bond donors (Lipinski definition) is 2. The van der Waals surface area contributed by atoms with E-state index in [1.807, 2.05) is 0 Å². The summed E-state index contributed by atoms with van der Waals surface area (Å²) in [4.78, 5) is 11.0. The number of hydrogen-bond acceptors (Lipinski definition) is 4. The third kappa shape index (κ3) is 5.21. The van der Waals surface area contributed by atoms with Crippen LogP contribution in [0.4, 0.5) is 13.2 Å². The maximum atomic E-state index is 11.8. The Bertz CT molecular complexity index is 394. The van der Waals surface area contributed by atoms with E-state index < -0.39 is 33.7 Å². The van der Waals surface area contributed by atoms with Gasteiger partial charge in [0.05, 0.1) is 17.5 Å². The molecule has 0 aromatic heterocycles. The van der Waals surface area contributed by atoms with Crippen LogP contribution >= 0.6 is 0 Å². The van der Waals surface area contributed by atoms with E-state index in [1.54, 1.807) is 5.32 Å². The van der Waals surface area contributed by atoms with Crippen LogP contribution in [0.5, 0.6) is 0 Å². The topological polar surface area (TPSA) is 75.3 Å². The molecule has 1 saturated heterocycles. The van der Waals surface area contributed by atoms with Gasteiger partial charge in [0.2, 0.25) is 5.91 Å². The van der Waals surface area contributed by atoms with Crippen molar-refractivity contribution in [3.05, 3.63) is 0 Å². The molecule has 5 nitrogen and oxygen atoms in total.